The molecule has 6 rings (SSSR count). The highest BCUT2D eigenvalue weighted by atomic mass is 32.2. The Morgan fingerprint density at radius 1 is 1.05 bits per heavy atom. The number of aryl methyl sites for hydroxylation is 1. The van der Waals surface area contributed by atoms with Crippen molar-refractivity contribution in [2.24, 2.45) is 0 Å². The fraction of sp³-hybridized carbons (Fsp3) is 0.300. The zero-order valence-electron chi connectivity index (χ0n) is 24.4. The van der Waals surface area contributed by atoms with Crippen molar-refractivity contribution in [3.8, 4) is 0 Å². The zero-order valence-corrected chi connectivity index (χ0v) is 26.9. The molecule has 1 N–H and O–H groups in total. The summed E-state index contributed by atoms with van der Waals surface area (Å²) in [6, 6.07) is 18.3. The number of rotatable bonds is 9. The van der Waals surface area contributed by atoms with Gasteiger partial charge in [0.25, 0.3) is 0 Å². The summed E-state index contributed by atoms with van der Waals surface area (Å²) in [6.07, 6.45) is 1.13. The molecule has 228 valence electrons. The number of sulfonamides is 1. The Bertz CT molecular complexity index is 1870. The average Bonchev–Trinajstić information content (AvgIpc) is 3.67. The molecule has 4 heterocycles. The number of aromatic nitrogens is 4. The van der Waals surface area contributed by atoms with E-state index in [9.17, 15) is 13.2 Å². The van der Waals surface area contributed by atoms with Gasteiger partial charge < -0.3 is 15.0 Å². The van der Waals surface area contributed by atoms with E-state index in [0.29, 0.717) is 42.7 Å². The molecule has 0 aliphatic carbocycles. The maximum atomic E-state index is 13.2. The van der Waals surface area contributed by atoms with Crippen LogP contribution in [0.25, 0.3) is 10.2 Å². The Morgan fingerprint density at radius 3 is 2.48 bits per heavy atom. The van der Waals surface area contributed by atoms with Crippen LogP contribution in [0.2, 0.25) is 0 Å². The highest BCUT2D eigenvalue weighted by Gasteiger charge is 2.34. The van der Waals surface area contributed by atoms with E-state index in [0.717, 1.165) is 25.8 Å². The van der Waals surface area contributed by atoms with Crippen LogP contribution >= 0.6 is 22.7 Å². The van der Waals surface area contributed by atoms with Gasteiger partial charge in [0.2, 0.25) is 10.0 Å². The van der Waals surface area contributed by atoms with Crippen molar-refractivity contribution >= 4 is 70.8 Å². The van der Waals surface area contributed by atoms with Gasteiger partial charge in [-0.2, -0.15) is 4.31 Å². The second kappa shape index (κ2) is 12.6. The third kappa shape index (κ3) is 6.02. The Morgan fingerprint density at radius 2 is 1.77 bits per heavy atom. The first kappa shape index (κ1) is 30.1. The Balaban J connectivity index is 1.21. The number of benzene rings is 2. The molecule has 1 aliphatic heterocycles. The Hall–Kier alpha value is -3.98. The molecule has 2 aromatic carbocycles. The normalized spacial score (nSPS) is 14.5. The van der Waals surface area contributed by atoms with Crippen LogP contribution in [0.15, 0.2) is 65.6 Å². The van der Waals surface area contributed by atoms with E-state index in [2.05, 4.69) is 25.5 Å². The molecule has 0 bridgehead atoms. The smallest absolute Gasteiger partial charge is 0.358 e. The molecule has 14 heteroatoms. The number of nitrogens with zero attached hydrogens (tertiary/aromatic N) is 6. The monoisotopic (exact) mass is 649 g/mol. The van der Waals surface area contributed by atoms with Gasteiger partial charge in [0, 0.05) is 25.0 Å². The highest BCUT2D eigenvalue weighted by molar-refractivity contribution is 7.89. The van der Waals surface area contributed by atoms with Gasteiger partial charge in [0.05, 0.1) is 21.7 Å². The average molecular weight is 650 g/mol. The summed E-state index contributed by atoms with van der Waals surface area (Å²) in [7, 11) is -1.75. The summed E-state index contributed by atoms with van der Waals surface area (Å²) < 4.78 is 34.2. The quantitative estimate of drug-likeness (QED) is 0.187. The maximum absolute atomic E-state index is 13.2. The van der Waals surface area contributed by atoms with E-state index < -0.39 is 16.0 Å². The van der Waals surface area contributed by atoms with Crippen LogP contribution in [0.4, 0.5) is 21.9 Å². The lowest BCUT2D eigenvalue weighted by molar-refractivity contribution is 0.0518. The first-order chi connectivity index (χ1) is 21.2. The number of fused-ring (bicyclic) bond motifs is 1. The summed E-state index contributed by atoms with van der Waals surface area (Å²) in [4.78, 5) is 25.2. The molecular weight excluding hydrogens is 619 g/mol. The van der Waals surface area contributed by atoms with E-state index in [4.69, 9.17) is 4.74 Å². The molecule has 3 aromatic heterocycles. The molecule has 44 heavy (non-hydrogen) atoms. The standard InChI is InChI=1S/C30H31N7O4S3/c1-4-41-28(38)25-26(20-14-16-37(17-15-20)44(39,40)21-10-6-5-7-11-21)43-30(32-25)36(3)24-18-19(2)27(35-34-24)33-29-31-22-12-8-9-13-23(22)42-29/h5-13,18,20H,4,14-17H2,1-3H3,(H,31,33,35). The van der Waals surface area contributed by atoms with E-state index in [1.807, 2.05) is 44.3 Å². The highest BCUT2D eigenvalue weighted by Crippen LogP contribution is 2.40. The summed E-state index contributed by atoms with van der Waals surface area (Å²) in [5.74, 6) is 0.641. The SMILES string of the molecule is CCOC(=O)c1nc(N(C)c2cc(C)c(Nc3nc4ccccc4s3)nn2)sc1C1CCN(S(=O)(=O)c2ccccc2)CC1. The van der Waals surface area contributed by atoms with Crippen molar-refractivity contribution in [3.05, 3.63) is 76.8 Å². The van der Waals surface area contributed by atoms with Gasteiger partial charge in [0.15, 0.2) is 27.6 Å². The van der Waals surface area contributed by atoms with Gasteiger partial charge in [-0.25, -0.2) is 23.2 Å². The number of thiazole rings is 2. The molecule has 1 fully saturated rings. The van der Waals surface area contributed by atoms with Crippen molar-refractivity contribution in [1.82, 2.24) is 24.5 Å². The van der Waals surface area contributed by atoms with Crippen LogP contribution in [0.1, 0.15) is 46.6 Å². The van der Waals surface area contributed by atoms with E-state index in [1.165, 1.54) is 15.6 Å². The lowest BCUT2D eigenvalue weighted by atomic mass is 9.95. The third-order valence-corrected chi connectivity index (χ3v) is 11.6. The number of anilines is 4. The summed E-state index contributed by atoms with van der Waals surface area (Å²) in [6.45, 7) is 4.62. The van der Waals surface area contributed by atoms with Crippen molar-refractivity contribution in [3.63, 3.8) is 0 Å². The number of esters is 1. The Kier molecular flexibility index (Phi) is 8.58. The maximum Gasteiger partial charge on any atom is 0.358 e. The molecule has 0 saturated carbocycles. The molecule has 5 aromatic rings. The fourth-order valence-electron chi connectivity index (χ4n) is 5.07. The summed E-state index contributed by atoms with van der Waals surface area (Å²) >= 11 is 2.94. The predicted octanol–water partition coefficient (Wildman–Crippen LogP) is 6.11. The predicted molar refractivity (Wildman–Crippen MR) is 173 cm³/mol. The third-order valence-electron chi connectivity index (χ3n) is 7.44. The van der Waals surface area contributed by atoms with Gasteiger partial charge >= 0.3 is 5.97 Å². The number of hydrogen-bond donors (Lipinski definition) is 1. The summed E-state index contributed by atoms with van der Waals surface area (Å²) in [5, 5.41) is 13.4. The number of para-hydroxylation sites is 1. The summed E-state index contributed by atoms with van der Waals surface area (Å²) in [5.41, 5.74) is 2.06. The van der Waals surface area contributed by atoms with Crippen molar-refractivity contribution in [2.45, 2.75) is 37.5 Å². The number of carbonyl (C=O) groups is 1. The van der Waals surface area contributed by atoms with Gasteiger partial charge in [-0.05, 0) is 68.5 Å². The number of nitrogens with one attached hydrogen (secondary N) is 1. The van der Waals surface area contributed by atoms with Crippen LogP contribution < -0.4 is 10.2 Å². The van der Waals surface area contributed by atoms with Crippen molar-refractivity contribution in [2.75, 3.05) is 37.0 Å². The number of carbonyl (C=O) groups excluding carboxylic acids is 1. The van der Waals surface area contributed by atoms with Gasteiger partial charge in [-0.15, -0.1) is 21.5 Å². The zero-order chi connectivity index (χ0) is 30.8. The molecule has 1 aliphatic rings. The fourth-order valence-corrected chi connectivity index (χ4v) is 8.62. The molecule has 0 spiro atoms. The van der Waals surface area contributed by atoms with Gasteiger partial charge in [-0.1, -0.05) is 41.7 Å². The van der Waals surface area contributed by atoms with Crippen LogP contribution in [0, 0.1) is 6.92 Å². The first-order valence-electron chi connectivity index (χ1n) is 14.2. The Labute approximate surface area is 263 Å². The van der Waals surface area contributed by atoms with Gasteiger partial charge in [0.1, 0.15) is 0 Å². The molecule has 0 radical (unpaired) electrons. The minimum Gasteiger partial charge on any atom is -0.461 e. The van der Waals surface area contributed by atoms with Gasteiger partial charge in [-0.3, -0.25) is 0 Å². The van der Waals surface area contributed by atoms with Crippen LogP contribution in [0.3, 0.4) is 0 Å². The number of piperidine rings is 1. The lowest BCUT2D eigenvalue weighted by Gasteiger charge is -2.31. The lowest BCUT2D eigenvalue weighted by Crippen LogP contribution is -2.38. The van der Waals surface area contributed by atoms with Crippen molar-refractivity contribution < 1.29 is 17.9 Å². The molecular formula is C30H31N7O4S3. The minimum absolute atomic E-state index is 0.0375. The van der Waals surface area contributed by atoms with Crippen molar-refractivity contribution in [1.29, 1.82) is 0 Å². The molecule has 0 unspecified atom stereocenters. The van der Waals surface area contributed by atoms with E-state index in [1.54, 1.807) is 53.5 Å². The molecule has 11 nitrogen and oxygen atoms in total. The second-order valence-electron chi connectivity index (χ2n) is 10.3. The molecule has 0 atom stereocenters. The second-order valence-corrected chi connectivity index (χ2v) is 14.3. The molecule has 1 saturated heterocycles. The number of ether oxygens (including phenoxy) is 1. The molecule has 0 amide bonds. The minimum atomic E-state index is -3.58. The number of hydrogen-bond acceptors (Lipinski definition) is 12. The van der Waals surface area contributed by atoms with E-state index >= 15 is 0 Å². The van der Waals surface area contributed by atoms with Crippen LogP contribution in [-0.4, -0.2) is 65.6 Å². The topological polar surface area (TPSA) is 131 Å². The van der Waals surface area contributed by atoms with E-state index in [-0.39, 0.29) is 23.1 Å². The van der Waals surface area contributed by atoms with Crippen LogP contribution in [0.5, 0.6) is 0 Å². The van der Waals surface area contributed by atoms with Crippen LogP contribution in [-0.2, 0) is 14.8 Å². The largest absolute Gasteiger partial charge is 0.461 e. The first-order valence-corrected chi connectivity index (χ1v) is 17.3.